The Kier molecular flexibility index (Phi) is 13.3. The van der Waals surface area contributed by atoms with E-state index in [0.717, 1.165) is 121 Å². The molecule has 2 aromatic carbocycles. The standard InChI is InChI=1S/C50H54N12O5S2/c1-50(51)15-21-61(22-16-50)43-27-53-45(28-52-43)69-37-4-2-3-34(24-37)55-48(66)42-25-36(30-68-42)60-19-13-35(14-20-60)59-17-11-32(12-18-59)39-7-8-40(58-57-39)46(64)54-26-31-5-6-38-33(23-31)29-62(49(38)67)41-9-10-44(63)56-47(41)65/h2-8,11,23-25,27-28,30,35,41H,9-10,12-22,26,29,51H2,1H3,(H,54,64)(H,55,66)(H,56,63,65). The summed E-state index contributed by atoms with van der Waals surface area (Å²) in [5, 5.41) is 19.8. The summed E-state index contributed by atoms with van der Waals surface area (Å²) in [4.78, 5) is 83.1. The number of anilines is 3. The Bertz CT molecular complexity index is 2800. The summed E-state index contributed by atoms with van der Waals surface area (Å²) in [7, 11) is 0. The quantitative estimate of drug-likeness (QED) is 0.114. The maximum atomic E-state index is 13.4. The van der Waals surface area contributed by atoms with Crippen LogP contribution in [0.25, 0.3) is 5.57 Å². The van der Waals surface area contributed by atoms with Crippen molar-refractivity contribution in [3.8, 4) is 0 Å². The van der Waals surface area contributed by atoms with Crippen LogP contribution in [0.15, 0.2) is 94.4 Å². The van der Waals surface area contributed by atoms with Gasteiger partial charge in [-0.15, -0.1) is 16.4 Å². The third kappa shape index (κ3) is 10.6. The molecule has 17 nitrogen and oxygen atoms in total. The number of amides is 5. The van der Waals surface area contributed by atoms with Gasteiger partial charge in [0.1, 0.15) is 16.9 Å². The largest absolute Gasteiger partial charge is 0.371 e. The molecule has 1 unspecified atom stereocenters. The van der Waals surface area contributed by atoms with Crippen molar-refractivity contribution >= 4 is 75.4 Å². The highest BCUT2D eigenvalue weighted by molar-refractivity contribution is 7.99. The van der Waals surface area contributed by atoms with Crippen molar-refractivity contribution in [2.75, 3.05) is 54.4 Å². The van der Waals surface area contributed by atoms with E-state index in [1.807, 2.05) is 48.7 Å². The number of carbonyl (C=O) groups excluding carboxylic acids is 5. The van der Waals surface area contributed by atoms with Crippen molar-refractivity contribution in [3.63, 3.8) is 0 Å². The van der Waals surface area contributed by atoms with E-state index in [1.54, 1.807) is 24.4 Å². The molecule has 5 aliphatic rings. The summed E-state index contributed by atoms with van der Waals surface area (Å²) in [6.07, 6.45) is 11.1. The van der Waals surface area contributed by atoms with E-state index in [9.17, 15) is 24.0 Å². The fraction of sp³-hybridized carbons (Fsp3) is 0.380. The van der Waals surface area contributed by atoms with Crippen molar-refractivity contribution in [2.45, 2.75) is 92.5 Å². The van der Waals surface area contributed by atoms with Gasteiger partial charge >= 0.3 is 0 Å². The minimum atomic E-state index is -0.680. The first kappa shape index (κ1) is 46.2. The van der Waals surface area contributed by atoms with Crippen LogP contribution in [-0.4, -0.2) is 116 Å². The lowest BCUT2D eigenvalue weighted by Gasteiger charge is -2.40. The van der Waals surface area contributed by atoms with E-state index in [-0.39, 0.29) is 54.4 Å². The summed E-state index contributed by atoms with van der Waals surface area (Å²) in [5.74, 6) is -0.627. The molecule has 1 atom stereocenters. The van der Waals surface area contributed by atoms with Gasteiger partial charge in [0.15, 0.2) is 5.69 Å². The van der Waals surface area contributed by atoms with E-state index in [4.69, 9.17) is 5.73 Å². The number of rotatable bonds is 12. The summed E-state index contributed by atoms with van der Waals surface area (Å²) >= 11 is 2.97. The molecule has 5 N–H and O–H groups in total. The van der Waals surface area contributed by atoms with Crippen LogP contribution in [0.1, 0.15) is 99.2 Å². The Morgan fingerprint density at radius 2 is 1.74 bits per heavy atom. The molecule has 5 aromatic rings. The average Bonchev–Trinajstić information content (AvgIpc) is 3.99. The van der Waals surface area contributed by atoms with Crippen LogP contribution in [0.3, 0.4) is 0 Å². The van der Waals surface area contributed by atoms with Gasteiger partial charge < -0.3 is 31.1 Å². The number of fused-ring (bicyclic) bond motifs is 1. The lowest BCUT2D eigenvalue weighted by molar-refractivity contribution is -0.136. The number of nitrogens with zero attached hydrogens (tertiary/aromatic N) is 8. The first-order chi connectivity index (χ1) is 33.4. The predicted octanol–water partition coefficient (Wildman–Crippen LogP) is 5.50. The monoisotopic (exact) mass is 966 g/mol. The molecular formula is C50H54N12O5S2. The molecule has 0 spiro atoms. The molecule has 5 aliphatic heterocycles. The van der Waals surface area contributed by atoms with Crippen LogP contribution in [0.2, 0.25) is 0 Å². The number of aromatic nitrogens is 4. The zero-order valence-corrected chi connectivity index (χ0v) is 40.0. The van der Waals surface area contributed by atoms with Crippen molar-refractivity contribution < 1.29 is 24.0 Å². The Labute approximate surface area is 408 Å². The molecule has 5 amide bonds. The molecular weight excluding hydrogens is 913 g/mol. The molecule has 3 fully saturated rings. The van der Waals surface area contributed by atoms with Gasteiger partial charge in [0.25, 0.3) is 17.7 Å². The van der Waals surface area contributed by atoms with E-state index >= 15 is 0 Å². The van der Waals surface area contributed by atoms with Gasteiger partial charge in [-0.3, -0.25) is 34.2 Å². The minimum Gasteiger partial charge on any atom is -0.371 e. The third-order valence-corrected chi connectivity index (χ3v) is 15.6. The minimum absolute atomic E-state index is 0.121. The Morgan fingerprint density at radius 1 is 0.899 bits per heavy atom. The number of hydrogen-bond donors (Lipinski definition) is 4. The first-order valence-corrected chi connectivity index (χ1v) is 25.2. The zero-order valence-electron chi connectivity index (χ0n) is 38.4. The molecule has 19 heteroatoms. The number of nitrogens with two attached hydrogens (primary N) is 1. The van der Waals surface area contributed by atoms with E-state index in [1.165, 1.54) is 28.0 Å². The first-order valence-electron chi connectivity index (χ1n) is 23.5. The molecule has 0 bridgehead atoms. The van der Waals surface area contributed by atoms with E-state index in [0.29, 0.717) is 22.9 Å². The summed E-state index contributed by atoms with van der Waals surface area (Å²) in [6, 6.07) is 18.5. The van der Waals surface area contributed by atoms with Crippen LogP contribution in [0, 0.1) is 0 Å². The van der Waals surface area contributed by atoms with Crippen LogP contribution in [0.4, 0.5) is 17.2 Å². The van der Waals surface area contributed by atoms with Gasteiger partial charge in [0.05, 0.1) is 23.0 Å². The van der Waals surface area contributed by atoms with E-state index < -0.39 is 11.9 Å². The fourth-order valence-electron chi connectivity index (χ4n) is 9.71. The molecule has 0 radical (unpaired) electrons. The Balaban J connectivity index is 0.656. The molecule has 10 rings (SSSR count). The van der Waals surface area contributed by atoms with Gasteiger partial charge in [-0.1, -0.05) is 36.0 Å². The Hall–Kier alpha value is -6.54. The number of benzene rings is 2. The van der Waals surface area contributed by atoms with Crippen LogP contribution >= 0.6 is 23.1 Å². The second kappa shape index (κ2) is 19.8. The molecule has 0 aliphatic carbocycles. The number of thiophene rings is 1. The molecule has 69 heavy (non-hydrogen) atoms. The highest BCUT2D eigenvalue weighted by Crippen LogP contribution is 2.33. The van der Waals surface area contributed by atoms with Crippen LogP contribution in [-0.2, 0) is 22.7 Å². The van der Waals surface area contributed by atoms with Gasteiger partial charge in [0, 0.05) is 97.6 Å². The molecule has 3 aromatic heterocycles. The second-order valence-corrected chi connectivity index (χ2v) is 20.7. The molecule has 356 valence electrons. The normalized spacial score (nSPS) is 19.8. The molecule has 3 saturated heterocycles. The van der Waals surface area contributed by atoms with Crippen LogP contribution < -0.4 is 31.5 Å². The van der Waals surface area contributed by atoms with Gasteiger partial charge in [-0.25, -0.2) is 9.97 Å². The highest BCUT2D eigenvalue weighted by Gasteiger charge is 2.39. The maximum Gasteiger partial charge on any atom is 0.272 e. The third-order valence-electron chi connectivity index (χ3n) is 13.8. The SMILES string of the molecule is CC1(N)CCN(c2cnc(Sc3cccc(NC(=O)c4cc(N5CCC(N6CC=C(c7ccc(C(=O)NCc8ccc9c(c8)CN(C8CCC(=O)NC8=O)C9=O)nn7)CC6)CC5)cs4)c3)cn2)CC1. The topological polar surface area (TPSA) is 212 Å². The number of hydrogen-bond acceptors (Lipinski definition) is 15. The average molecular weight is 967 g/mol. The lowest BCUT2D eigenvalue weighted by Crippen LogP contribution is -2.52. The predicted molar refractivity (Wildman–Crippen MR) is 264 cm³/mol. The number of imide groups is 1. The summed E-state index contributed by atoms with van der Waals surface area (Å²) < 4.78 is 0. The number of piperidine rings is 3. The molecule has 8 heterocycles. The lowest BCUT2D eigenvalue weighted by atomic mass is 9.91. The highest BCUT2D eigenvalue weighted by atomic mass is 32.2. The summed E-state index contributed by atoms with van der Waals surface area (Å²) in [5.41, 5.74) is 12.2. The second-order valence-electron chi connectivity index (χ2n) is 18.7. The fourth-order valence-corrected chi connectivity index (χ4v) is 11.3. The maximum absolute atomic E-state index is 13.4. The van der Waals surface area contributed by atoms with Crippen molar-refractivity contribution in [1.29, 1.82) is 0 Å². The van der Waals surface area contributed by atoms with Crippen LogP contribution in [0.5, 0.6) is 0 Å². The Morgan fingerprint density at radius 3 is 2.48 bits per heavy atom. The van der Waals surface area contributed by atoms with E-state index in [2.05, 4.69) is 69.2 Å². The van der Waals surface area contributed by atoms with Gasteiger partial charge in [-0.05, 0) is 105 Å². The van der Waals surface area contributed by atoms with Crippen molar-refractivity contribution in [2.24, 2.45) is 5.73 Å². The van der Waals surface area contributed by atoms with Gasteiger partial charge in [0.2, 0.25) is 11.8 Å². The van der Waals surface area contributed by atoms with Crippen molar-refractivity contribution in [1.82, 2.24) is 40.6 Å². The van der Waals surface area contributed by atoms with Crippen molar-refractivity contribution in [3.05, 3.63) is 117 Å². The zero-order chi connectivity index (χ0) is 47.6. The number of nitrogens with one attached hydrogen (secondary N) is 3. The smallest absolute Gasteiger partial charge is 0.272 e. The summed E-state index contributed by atoms with van der Waals surface area (Å²) in [6.45, 7) is 7.89. The molecule has 0 saturated carbocycles. The van der Waals surface area contributed by atoms with Gasteiger partial charge in [-0.2, -0.15) is 5.10 Å². The number of carbonyl (C=O) groups is 5.